The smallest absolute Gasteiger partial charge is 0.324 e. The van der Waals surface area contributed by atoms with Gasteiger partial charge in [0.25, 0.3) is 0 Å². The minimum Gasteiger partial charge on any atom is -0.480 e. The lowest BCUT2D eigenvalue weighted by Gasteiger charge is -2.40. The number of likely N-dealkylation sites (N-methyl/N-ethyl adjacent to an activating group) is 1. The van der Waals surface area contributed by atoms with Gasteiger partial charge in [-0.2, -0.15) is 0 Å². The molecule has 0 aromatic rings. The monoisotopic (exact) mass is 228 g/mol. The molecule has 0 bridgehead atoms. The average Bonchev–Trinajstić information content (AvgIpc) is 1.97. The van der Waals surface area contributed by atoms with Gasteiger partial charge in [-0.3, -0.25) is 10.1 Å². The van der Waals surface area contributed by atoms with Crippen molar-refractivity contribution in [1.82, 2.24) is 10.2 Å². The lowest BCUT2D eigenvalue weighted by atomic mass is 9.90. The molecule has 1 atom stereocenters. The number of rotatable bonds is 6. The topological polar surface area (TPSA) is 52.6 Å². The molecule has 94 valence electrons. The number of aliphatic carboxylic acids is 1. The molecule has 1 unspecified atom stereocenters. The van der Waals surface area contributed by atoms with Crippen molar-refractivity contribution in [3.05, 3.63) is 0 Å². The van der Waals surface area contributed by atoms with Crippen LogP contribution < -0.4 is 5.32 Å². The molecule has 4 heteroatoms. The Kier molecular flexibility index (Phi) is 4.33. The highest BCUT2D eigenvalue weighted by atomic mass is 16.4. The zero-order valence-corrected chi connectivity index (χ0v) is 10.8. The number of hydrogen-bond donors (Lipinski definition) is 2. The first kappa shape index (κ1) is 13.5. The van der Waals surface area contributed by atoms with Gasteiger partial charge in [0.15, 0.2) is 0 Å². The fraction of sp³-hybridized carbons (Fsp3) is 0.917. The Balaban J connectivity index is 2.58. The van der Waals surface area contributed by atoms with Gasteiger partial charge in [-0.15, -0.1) is 0 Å². The number of nitrogens with one attached hydrogen (secondary N) is 1. The molecule has 1 saturated carbocycles. The van der Waals surface area contributed by atoms with Crippen molar-refractivity contribution in [2.24, 2.45) is 0 Å². The van der Waals surface area contributed by atoms with Crippen LogP contribution in [0.25, 0.3) is 0 Å². The van der Waals surface area contributed by atoms with Crippen LogP contribution in [0, 0.1) is 0 Å². The van der Waals surface area contributed by atoms with Crippen molar-refractivity contribution in [2.45, 2.75) is 57.7 Å². The Labute approximate surface area is 98.0 Å². The molecule has 2 N–H and O–H groups in total. The predicted molar refractivity (Wildman–Crippen MR) is 64.6 cm³/mol. The van der Waals surface area contributed by atoms with Gasteiger partial charge in [0, 0.05) is 18.6 Å². The predicted octanol–water partition coefficient (Wildman–Crippen LogP) is 1.31. The molecule has 0 saturated heterocycles. The number of carboxylic acid groups (broad SMARTS) is 1. The quantitative estimate of drug-likeness (QED) is 0.720. The molecular formula is C12H24N2O2. The Morgan fingerprint density at radius 3 is 2.44 bits per heavy atom. The van der Waals surface area contributed by atoms with Crippen LogP contribution in [-0.2, 0) is 4.79 Å². The molecule has 4 nitrogen and oxygen atoms in total. The maximum Gasteiger partial charge on any atom is 0.324 e. The molecule has 1 aliphatic carbocycles. The van der Waals surface area contributed by atoms with Gasteiger partial charge in [-0.05, 0) is 40.7 Å². The van der Waals surface area contributed by atoms with E-state index in [-0.39, 0.29) is 6.04 Å². The van der Waals surface area contributed by atoms with E-state index < -0.39 is 11.5 Å². The first-order valence-corrected chi connectivity index (χ1v) is 6.06. The molecule has 1 rings (SSSR count). The van der Waals surface area contributed by atoms with E-state index >= 15 is 0 Å². The molecule has 1 aliphatic rings. The normalized spacial score (nSPS) is 20.9. The highest BCUT2D eigenvalue weighted by Gasteiger charge is 2.37. The zero-order valence-electron chi connectivity index (χ0n) is 10.8. The average molecular weight is 228 g/mol. The minimum absolute atomic E-state index is 0.177. The molecule has 0 radical (unpaired) electrons. The molecule has 0 heterocycles. The van der Waals surface area contributed by atoms with Gasteiger partial charge in [0.05, 0.1) is 0 Å². The van der Waals surface area contributed by atoms with Crippen LogP contribution >= 0.6 is 0 Å². The maximum absolute atomic E-state index is 11.3. The first-order chi connectivity index (χ1) is 7.35. The Hall–Kier alpha value is -0.610. The van der Waals surface area contributed by atoms with Crippen LogP contribution in [-0.4, -0.2) is 47.2 Å². The number of nitrogens with zero attached hydrogens (tertiary/aromatic N) is 1. The van der Waals surface area contributed by atoms with Gasteiger partial charge in [0.2, 0.25) is 0 Å². The van der Waals surface area contributed by atoms with Crippen molar-refractivity contribution in [3.8, 4) is 0 Å². The van der Waals surface area contributed by atoms with Crippen molar-refractivity contribution in [1.29, 1.82) is 0 Å². The molecule has 0 aliphatic heterocycles. The summed E-state index contributed by atoms with van der Waals surface area (Å²) in [6, 6.07) is 0.753. The van der Waals surface area contributed by atoms with Crippen molar-refractivity contribution in [3.63, 3.8) is 0 Å². The van der Waals surface area contributed by atoms with Gasteiger partial charge in [-0.25, -0.2) is 0 Å². The lowest BCUT2D eigenvalue weighted by molar-refractivity contribution is -0.145. The van der Waals surface area contributed by atoms with E-state index in [9.17, 15) is 9.90 Å². The Morgan fingerprint density at radius 2 is 2.12 bits per heavy atom. The highest BCUT2D eigenvalue weighted by molar-refractivity contribution is 5.78. The molecular weight excluding hydrogens is 204 g/mol. The van der Waals surface area contributed by atoms with Gasteiger partial charge in [-0.1, -0.05) is 6.42 Å². The van der Waals surface area contributed by atoms with Gasteiger partial charge >= 0.3 is 5.97 Å². The molecule has 0 spiro atoms. The summed E-state index contributed by atoms with van der Waals surface area (Å²) in [5.74, 6) is -0.771. The summed E-state index contributed by atoms with van der Waals surface area (Å²) in [5.41, 5.74) is -0.849. The first-order valence-electron chi connectivity index (χ1n) is 6.06. The van der Waals surface area contributed by atoms with Crippen LogP contribution in [0.4, 0.5) is 0 Å². The summed E-state index contributed by atoms with van der Waals surface area (Å²) in [6.07, 6.45) is 3.68. The number of hydrogen-bond acceptors (Lipinski definition) is 3. The largest absolute Gasteiger partial charge is 0.480 e. The lowest BCUT2D eigenvalue weighted by Crippen LogP contribution is -2.60. The molecule has 0 aromatic carbocycles. The second-order valence-corrected chi connectivity index (χ2v) is 5.44. The van der Waals surface area contributed by atoms with Gasteiger partial charge in [0.1, 0.15) is 5.54 Å². The summed E-state index contributed by atoms with van der Waals surface area (Å²) in [4.78, 5) is 13.5. The summed E-state index contributed by atoms with van der Waals surface area (Å²) in [7, 11) is 2.02. The van der Waals surface area contributed by atoms with Crippen LogP contribution in [0.1, 0.15) is 40.0 Å². The fourth-order valence-corrected chi connectivity index (χ4v) is 2.27. The highest BCUT2D eigenvalue weighted by Crippen LogP contribution is 2.24. The van der Waals surface area contributed by atoms with Crippen LogP contribution in [0.3, 0.4) is 0 Å². The molecule has 0 amide bonds. The van der Waals surface area contributed by atoms with Crippen LogP contribution in [0.5, 0.6) is 0 Å². The maximum atomic E-state index is 11.3. The third-order valence-electron chi connectivity index (χ3n) is 3.34. The SMILES string of the molecule is CC(C)NC(C)(CN(C)C1CCC1)C(=O)O. The molecule has 1 fully saturated rings. The number of carboxylic acids is 1. The number of carbonyl (C=O) groups is 1. The Morgan fingerprint density at radius 1 is 1.56 bits per heavy atom. The van der Waals surface area contributed by atoms with E-state index in [2.05, 4.69) is 10.2 Å². The van der Waals surface area contributed by atoms with E-state index in [1.54, 1.807) is 6.92 Å². The fourth-order valence-electron chi connectivity index (χ4n) is 2.27. The van der Waals surface area contributed by atoms with E-state index in [1.807, 2.05) is 20.9 Å². The second-order valence-electron chi connectivity index (χ2n) is 5.44. The van der Waals surface area contributed by atoms with E-state index in [4.69, 9.17) is 0 Å². The van der Waals surface area contributed by atoms with Crippen LogP contribution in [0.15, 0.2) is 0 Å². The second kappa shape index (κ2) is 5.15. The molecule has 0 aromatic heterocycles. The van der Waals surface area contributed by atoms with Crippen LogP contribution in [0.2, 0.25) is 0 Å². The van der Waals surface area contributed by atoms with E-state index in [1.165, 1.54) is 19.3 Å². The third kappa shape index (κ3) is 3.19. The zero-order chi connectivity index (χ0) is 12.3. The van der Waals surface area contributed by atoms with E-state index in [0.717, 1.165) is 0 Å². The summed E-state index contributed by atoms with van der Waals surface area (Å²) in [5, 5.41) is 12.5. The third-order valence-corrected chi connectivity index (χ3v) is 3.34. The van der Waals surface area contributed by atoms with Crippen molar-refractivity contribution in [2.75, 3.05) is 13.6 Å². The minimum atomic E-state index is -0.849. The van der Waals surface area contributed by atoms with Gasteiger partial charge < -0.3 is 10.0 Å². The van der Waals surface area contributed by atoms with Crippen molar-refractivity contribution >= 4 is 5.97 Å². The standard InChI is InChI=1S/C12H24N2O2/c1-9(2)13-12(3,11(15)16)8-14(4)10-6-5-7-10/h9-10,13H,5-8H2,1-4H3,(H,15,16). The summed E-state index contributed by atoms with van der Waals surface area (Å²) < 4.78 is 0. The van der Waals surface area contributed by atoms with E-state index in [0.29, 0.717) is 12.6 Å². The Bertz CT molecular complexity index is 251. The summed E-state index contributed by atoms with van der Waals surface area (Å²) in [6.45, 7) is 6.28. The summed E-state index contributed by atoms with van der Waals surface area (Å²) >= 11 is 0. The van der Waals surface area contributed by atoms with Crippen molar-refractivity contribution < 1.29 is 9.90 Å². The molecule has 16 heavy (non-hydrogen) atoms.